The van der Waals surface area contributed by atoms with Gasteiger partial charge in [0.25, 0.3) is 0 Å². The highest BCUT2D eigenvalue weighted by Gasteiger charge is 2.13. The zero-order valence-corrected chi connectivity index (χ0v) is 11.0. The predicted molar refractivity (Wildman–Crippen MR) is 72.1 cm³/mol. The van der Waals surface area contributed by atoms with Crippen LogP contribution in [0.25, 0.3) is 0 Å². The Kier molecular flexibility index (Phi) is 4.36. The third-order valence-corrected chi connectivity index (χ3v) is 2.88. The van der Waals surface area contributed by atoms with Crippen molar-refractivity contribution in [2.24, 2.45) is 5.73 Å². The number of hydrogen-bond donors (Lipinski definition) is 1. The second-order valence-electron chi connectivity index (χ2n) is 5.17. The fourth-order valence-electron chi connectivity index (χ4n) is 1.80. The Balaban J connectivity index is 2.85. The molecule has 2 N–H and O–H groups in total. The smallest absolute Gasteiger partial charge is 0.0366 e. The van der Waals surface area contributed by atoms with Crippen LogP contribution in [0.1, 0.15) is 33.3 Å². The molecule has 0 fully saturated rings. The molecule has 1 aromatic carbocycles. The number of benzene rings is 1. The van der Waals surface area contributed by atoms with Crippen molar-refractivity contribution >= 4 is 5.69 Å². The summed E-state index contributed by atoms with van der Waals surface area (Å²) in [5.41, 5.74) is 8.47. The van der Waals surface area contributed by atoms with Crippen molar-refractivity contribution in [1.29, 1.82) is 0 Å². The highest BCUT2D eigenvalue weighted by atomic mass is 15.1. The lowest BCUT2D eigenvalue weighted by Gasteiger charge is -2.24. The minimum absolute atomic E-state index is 0.226. The number of rotatable bonds is 4. The minimum atomic E-state index is 0.226. The zero-order chi connectivity index (χ0) is 12.2. The topological polar surface area (TPSA) is 29.3 Å². The van der Waals surface area contributed by atoms with E-state index in [1.54, 1.807) is 0 Å². The molecule has 0 aliphatic carbocycles. The molecular formula is C14H24N2. The van der Waals surface area contributed by atoms with Crippen molar-refractivity contribution in [1.82, 2.24) is 0 Å². The molecule has 90 valence electrons. The third kappa shape index (κ3) is 3.24. The fourth-order valence-corrected chi connectivity index (χ4v) is 1.80. The second kappa shape index (κ2) is 5.35. The normalized spacial score (nSPS) is 11.6. The first-order valence-corrected chi connectivity index (χ1v) is 6.04. The van der Waals surface area contributed by atoms with Gasteiger partial charge < -0.3 is 10.6 Å². The van der Waals surface area contributed by atoms with E-state index in [2.05, 4.69) is 56.9 Å². The van der Waals surface area contributed by atoms with Crippen molar-refractivity contribution in [3.8, 4) is 0 Å². The molecule has 0 saturated carbocycles. The van der Waals surface area contributed by atoms with Gasteiger partial charge in [-0.15, -0.1) is 0 Å². The van der Waals surface area contributed by atoms with Gasteiger partial charge >= 0.3 is 0 Å². The fraction of sp³-hybridized carbons (Fsp3) is 0.571. The average Bonchev–Trinajstić information content (AvgIpc) is 2.25. The Morgan fingerprint density at radius 2 is 1.69 bits per heavy atom. The molecule has 0 atom stereocenters. The molecule has 0 aromatic heterocycles. The lowest BCUT2D eigenvalue weighted by Crippen LogP contribution is -2.29. The Morgan fingerprint density at radius 1 is 1.12 bits per heavy atom. The van der Waals surface area contributed by atoms with Gasteiger partial charge in [0.15, 0.2) is 0 Å². The van der Waals surface area contributed by atoms with Crippen molar-refractivity contribution in [2.45, 2.75) is 33.1 Å². The molecule has 0 radical (unpaired) electrons. The van der Waals surface area contributed by atoms with Crippen LogP contribution in [0.3, 0.4) is 0 Å². The second-order valence-corrected chi connectivity index (χ2v) is 5.17. The zero-order valence-electron chi connectivity index (χ0n) is 11.0. The first-order chi connectivity index (χ1) is 7.49. The van der Waals surface area contributed by atoms with Crippen LogP contribution in [-0.2, 0) is 5.41 Å². The van der Waals surface area contributed by atoms with Crippen LogP contribution in [0, 0.1) is 0 Å². The molecule has 1 rings (SSSR count). The summed E-state index contributed by atoms with van der Waals surface area (Å²) >= 11 is 0. The van der Waals surface area contributed by atoms with Crippen LogP contribution >= 0.6 is 0 Å². The number of hydrogen-bond acceptors (Lipinski definition) is 2. The summed E-state index contributed by atoms with van der Waals surface area (Å²) in [6.07, 6.45) is 0. The molecule has 0 unspecified atom stereocenters. The molecule has 16 heavy (non-hydrogen) atoms. The molecule has 2 nitrogen and oxygen atoms in total. The number of nitrogens with two attached hydrogens (primary N) is 1. The summed E-state index contributed by atoms with van der Waals surface area (Å²) in [7, 11) is 0. The van der Waals surface area contributed by atoms with Crippen molar-refractivity contribution in [3.05, 3.63) is 29.8 Å². The lowest BCUT2D eigenvalue weighted by molar-refractivity contribution is 0.590. The highest BCUT2D eigenvalue weighted by Crippen LogP contribution is 2.24. The van der Waals surface area contributed by atoms with E-state index in [9.17, 15) is 0 Å². The van der Waals surface area contributed by atoms with Gasteiger partial charge in [0.2, 0.25) is 0 Å². The van der Waals surface area contributed by atoms with Crippen LogP contribution in [0.5, 0.6) is 0 Å². The number of nitrogens with zero attached hydrogens (tertiary/aromatic N) is 1. The monoisotopic (exact) mass is 220 g/mol. The molecule has 0 spiro atoms. The average molecular weight is 220 g/mol. The van der Waals surface area contributed by atoms with Crippen molar-refractivity contribution in [2.75, 3.05) is 24.5 Å². The molecule has 0 amide bonds. The SMILES string of the molecule is CCN(CCN)c1ccc(C(C)(C)C)cc1. The summed E-state index contributed by atoms with van der Waals surface area (Å²) in [4.78, 5) is 2.30. The lowest BCUT2D eigenvalue weighted by atomic mass is 9.87. The van der Waals surface area contributed by atoms with Crippen LogP contribution < -0.4 is 10.6 Å². The van der Waals surface area contributed by atoms with Crippen molar-refractivity contribution < 1.29 is 0 Å². The largest absolute Gasteiger partial charge is 0.371 e. The Hall–Kier alpha value is -1.02. The molecule has 0 bridgehead atoms. The summed E-state index contributed by atoms with van der Waals surface area (Å²) in [6.45, 7) is 11.5. The molecule has 0 aliphatic heterocycles. The molecule has 1 aromatic rings. The standard InChI is InChI=1S/C14H24N2/c1-5-16(11-10-15)13-8-6-12(7-9-13)14(2,3)4/h6-9H,5,10-11,15H2,1-4H3. The highest BCUT2D eigenvalue weighted by molar-refractivity contribution is 5.48. The van der Waals surface area contributed by atoms with E-state index in [-0.39, 0.29) is 5.41 Å². The first-order valence-electron chi connectivity index (χ1n) is 6.04. The quantitative estimate of drug-likeness (QED) is 0.845. The number of likely N-dealkylation sites (N-methyl/N-ethyl adjacent to an activating group) is 1. The maximum atomic E-state index is 5.60. The Morgan fingerprint density at radius 3 is 2.06 bits per heavy atom. The van der Waals surface area contributed by atoms with Crippen molar-refractivity contribution in [3.63, 3.8) is 0 Å². The first kappa shape index (κ1) is 13.0. The maximum absolute atomic E-state index is 5.60. The van der Waals surface area contributed by atoms with Gasteiger partial charge in [0, 0.05) is 25.3 Å². The van der Waals surface area contributed by atoms with Gasteiger partial charge in [-0.25, -0.2) is 0 Å². The maximum Gasteiger partial charge on any atom is 0.0366 e. The molecule has 0 saturated heterocycles. The van der Waals surface area contributed by atoms with E-state index in [1.165, 1.54) is 11.3 Å². The Bertz CT molecular complexity index is 309. The van der Waals surface area contributed by atoms with Crippen LogP contribution in [0.2, 0.25) is 0 Å². The summed E-state index contributed by atoms with van der Waals surface area (Å²) in [5.74, 6) is 0. The Labute approximate surface area is 99.5 Å². The van der Waals surface area contributed by atoms with Gasteiger partial charge in [-0.1, -0.05) is 32.9 Å². The predicted octanol–water partition coefficient (Wildman–Crippen LogP) is 2.77. The van der Waals surface area contributed by atoms with E-state index in [0.717, 1.165) is 13.1 Å². The van der Waals surface area contributed by atoms with Gasteiger partial charge in [-0.2, -0.15) is 0 Å². The summed E-state index contributed by atoms with van der Waals surface area (Å²) in [5, 5.41) is 0. The number of anilines is 1. The van der Waals surface area contributed by atoms with Gasteiger partial charge in [-0.05, 0) is 30.0 Å². The minimum Gasteiger partial charge on any atom is -0.371 e. The van der Waals surface area contributed by atoms with E-state index < -0.39 is 0 Å². The van der Waals surface area contributed by atoms with Gasteiger partial charge in [-0.3, -0.25) is 0 Å². The summed E-state index contributed by atoms with van der Waals surface area (Å²) < 4.78 is 0. The molecule has 0 heterocycles. The van der Waals surface area contributed by atoms with E-state index in [1.807, 2.05) is 0 Å². The van der Waals surface area contributed by atoms with Crippen LogP contribution in [0.15, 0.2) is 24.3 Å². The van der Waals surface area contributed by atoms with E-state index in [0.29, 0.717) is 6.54 Å². The molecule has 0 aliphatic rings. The summed E-state index contributed by atoms with van der Waals surface area (Å²) in [6, 6.07) is 8.82. The van der Waals surface area contributed by atoms with Gasteiger partial charge in [0.05, 0.1) is 0 Å². The third-order valence-electron chi connectivity index (χ3n) is 2.88. The van der Waals surface area contributed by atoms with Gasteiger partial charge in [0.1, 0.15) is 0 Å². The van der Waals surface area contributed by atoms with Crippen LogP contribution in [-0.4, -0.2) is 19.6 Å². The van der Waals surface area contributed by atoms with E-state index >= 15 is 0 Å². The van der Waals surface area contributed by atoms with Crippen LogP contribution in [0.4, 0.5) is 5.69 Å². The molecular weight excluding hydrogens is 196 g/mol. The van der Waals surface area contributed by atoms with E-state index in [4.69, 9.17) is 5.73 Å². The molecule has 2 heteroatoms.